The van der Waals surface area contributed by atoms with Gasteiger partial charge >= 0.3 is 6.18 Å². The van der Waals surface area contributed by atoms with Crippen molar-refractivity contribution >= 4 is 0 Å². The molecule has 2 unspecified atom stereocenters. The molecule has 0 amide bonds. The van der Waals surface area contributed by atoms with E-state index < -0.39 is 17.8 Å². The summed E-state index contributed by atoms with van der Waals surface area (Å²) in [5.41, 5.74) is 6.07. The minimum Gasteiger partial charge on any atom is -0.377 e. The highest BCUT2D eigenvalue weighted by Crippen LogP contribution is 2.30. The van der Waals surface area contributed by atoms with Gasteiger partial charge in [-0.05, 0) is 31.0 Å². The Morgan fingerprint density at radius 3 is 2.16 bits per heavy atom. The number of hydrogen-bond donors (Lipinski definition) is 1. The molecule has 0 aromatic heterocycles. The second-order valence-electron chi connectivity index (χ2n) is 4.43. The smallest absolute Gasteiger partial charge is 0.377 e. The topological polar surface area (TPSA) is 35.2 Å². The van der Waals surface area contributed by atoms with Crippen molar-refractivity contribution < 1.29 is 17.9 Å². The summed E-state index contributed by atoms with van der Waals surface area (Å²) in [5.74, 6) is 0. The third-order valence-corrected chi connectivity index (χ3v) is 2.98. The molecule has 0 heterocycles. The van der Waals surface area contributed by atoms with Gasteiger partial charge in [-0.2, -0.15) is 13.2 Å². The van der Waals surface area contributed by atoms with Gasteiger partial charge in [0.25, 0.3) is 0 Å². The maximum absolute atomic E-state index is 12.5. The molecule has 0 saturated carbocycles. The number of halogens is 3. The highest BCUT2D eigenvalue weighted by atomic mass is 19.4. The molecule has 2 N–H and O–H groups in total. The summed E-state index contributed by atoms with van der Waals surface area (Å²) in [6.45, 7) is 4.44. The fourth-order valence-corrected chi connectivity index (χ4v) is 1.97. The van der Waals surface area contributed by atoms with Crippen LogP contribution in [0.25, 0.3) is 0 Å². The number of hydrogen-bond acceptors (Lipinski definition) is 2. The van der Waals surface area contributed by atoms with Crippen molar-refractivity contribution in [3.05, 3.63) is 35.4 Å². The van der Waals surface area contributed by atoms with Gasteiger partial charge in [-0.1, -0.05) is 25.5 Å². The lowest BCUT2D eigenvalue weighted by atomic mass is 9.98. The van der Waals surface area contributed by atoms with E-state index in [4.69, 9.17) is 10.5 Å². The van der Waals surface area contributed by atoms with Crippen molar-refractivity contribution in [3.8, 4) is 0 Å². The molecule has 1 aromatic rings. The highest BCUT2D eigenvalue weighted by Gasteiger charge is 2.30. The molecule has 2 nitrogen and oxygen atoms in total. The highest BCUT2D eigenvalue weighted by molar-refractivity contribution is 5.27. The summed E-state index contributed by atoms with van der Waals surface area (Å²) < 4.78 is 42.9. The summed E-state index contributed by atoms with van der Waals surface area (Å²) in [6, 6.07) is 4.57. The van der Waals surface area contributed by atoms with E-state index in [2.05, 4.69) is 0 Å². The average molecular weight is 275 g/mol. The first-order valence-corrected chi connectivity index (χ1v) is 6.44. The van der Waals surface area contributed by atoms with Gasteiger partial charge in [-0.15, -0.1) is 0 Å². The SMILES string of the molecule is CCCC(OCC)C(N)c1ccc(C(F)(F)F)cc1. The Hall–Kier alpha value is -1.07. The van der Waals surface area contributed by atoms with E-state index in [0.717, 1.165) is 25.0 Å². The van der Waals surface area contributed by atoms with Crippen LogP contribution in [0, 0.1) is 0 Å². The lowest BCUT2D eigenvalue weighted by Crippen LogP contribution is -2.29. The van der Waals surface area contributed by atoms with Crippen molar-refractivity contribution in [1.29, 1.82) is 0 Å². The van der Waals surface area contributed by atoms with Crippen molar-refractivity contribution in [3.63, 3.8) is 0 Å². The number of alkyl halides is 3. The van der Waals surface area contributed by atoms with Crippen LogP contribution in [0.1, 0.15) is 43.9 Å². The Morgan fingerprint density at radius 1 is 1.16 bits per heavy atom. The summed E-state index contributed by atoms with van der Waals surface area (Å²) in [6.07, 6.45) is -2.77. The van der Waals surface area contributed by atoms with Gasteiger partial charge in [0, 0.05) is 6.61 Å². The standard InChI is InChI=1S/C14H20F3NO/c1-3-5-12(19-4-2)13(18)10-6-8-11(9-7-10)14(15,16)17/h6-9,12-13H,3-5,18H2,1-2H3. The van der Waals surface area contributed by atoms with E-state index in [1.54, 1.807) is 0 Å². The van der Waals surface area contributed by atoms with Gasteiger partial charge in [0.05, 0.1) is 17.7 Å². The second kappa shape index (κ2) is 6.91. The van der Waals surface area contributed by atoms with E-state index in [1.807, 2.05) is 13.8 Å². The van der Waals surface area contributed by atoms with Gasteiger partial charge in [0.15, 0.2) is 0 Å². The van der Waals surface area contributed by atoms with Crippen molar-refractivity contribution in [1.82, 2.24) is 0 Å². The molecule has 19 heavy (non-hydrogen) atoms. The predicted octanol–water partition coefficient (Wildman–Crippen LogP) is 3.91. The molecule has 0 aliphatic carbocycles. The van der Waals surface area contributed by atoms with Crippen LogP contribution < -0.4 is 5.73 Å². The number of benzene rings is 1. The molecule has 0 bridgehead atoms. The lowest BCUT2D eigenvalue weighted by Gasteiger charge is -2.24. The lowest BCUT2D eigenvalue weighted by molar-refractivity contribution is -0.137. The third kappa shape index (κ3) is 4.51. The Bertz CT molecular complexity index is 369. The van der Waals surface area contributed by atoms with Crippen LogP contribution >= 0.6 is 0 Å². The Kier molecular flexibility index (Phi) is 5.82. The normalized spacial score (nSPS) is 15.3. The van der Waals surface area contributed by atoms with Crippen LogP contribution in [0.4, 0.5) is 13.2 Å². The van der Waals surface area contributed by atoms with E-state index >= 15 is 0 Å². The average Bonchev–Trinajstić information content (AvgIpc) is 2.37. The maximum Gasteiger partial charge on any atom is 0.416 e. The molecule has 1 rings (SSSR count). The quantitative estimate of drug-likeness (QED) is 0.854. The molecular weight excluding hydrogens is 255 g/mol. The van der Waals surface area contributed by atoms with E-state index in [0.29, 0.717) is 12.2 Å². The van der Waals surface area contributed by atoms with Crippen LogP contribution in [-0.4, -0.2) is 12.7 Å². The fraction of sp³-hybridized carbons (Fsp3) is 0.571. The molecule has 0 radical (unpaired) electrons. The van der Waals surface area contributed by atoms with Crippen molar-refractivity contribution in [2.45, 2.75) is 45.0 Å². The molecule has 0 aliphatic rings. The number of rotatable bonds is 6. The first-order valence-electron chi connectivity index (χ1n) is 6.44. The molecule has 0 aliphatic heterocycles. The molecule has 5 heteroatoms. The summed E-state index contributed by atoms with van der Waals surface area (Å²) in [5, 5.41) is 0. The van der Waals surface area contributed by atoms with Crippen LogP contribution in [0.2, 0.25) is 0 Å². The predicted molar refractivity (Wildman–Crippen MR) is 68.7 cm³/mol. The van der Waals surface area contributed by atoms with E-state index in [9.17, 15) is 13.2 Å². The first-order chi connectivity index (χ1) is 8.90. The molecule has 0 fully saturated rings. The number of nitrogens with two attached hydrogens (primary N) is 1. The first kappa shape index (κ1) is 16.0. The largest absolute Gasteiger partial charge is 0.416 e. The van der Waals surface area contributed by atoms with Gasteiger partial charge < -0.3 is 10.5 Å². The van der Waals surface area contributed by atoms with E-state index in [-0.39, 0.29) is 6.10 Å². The Labute approximate surface area is 111 Å². The molecular formula is C14H20F3NO. The van der Waals surface area contributed by atoms with E-state index in [1.165, 1.54) is 12.1 Å². The van der Waals surface area contributed by atoms with Crippen LogP contribution in [0.5, 0.6) is 0 Å². The summed E-state index contributed by atoms with van der Waals surface area (Å²) >= 11 is 0. The zero-order valence-corrected chi connectivity index (χ0v) is 11.2. The minimum absolute atomic E-state index is 0.160. The molecule has 0 saturated heterocycles. The van der Waals surface area contributed by atoms with Crippen molar-refractivity contribution in [2.24, 2.45) is 5.73 Å². The second-order valence-corrected chi connectivity index (χ2v) is 4.43. The summed E-state index contributed by atoms with van der Waals surface area (Å²) in [4.78, 5) is 0. The van der Waals surface area contributed by atoms with Gasteiger partial charge in [0.1, 0.15) is 0 Å². The van der Waals surface area contributed by atoms with Crippen molar-refractivity contribution in [2.75, 3.05) is 6.61 Å². The molecule has 2 atom stereocenters. The molecule has 108 valence electrons. The Morgan fingerprint density at radius 2 is 1.74 bits per heavy atom. The van der Waals surface area contributed by atoms with Crippen LogP contribution in [0.3, 0.4) is 0 Å². The third-order valence-electron chi connectivity index (χ3n) is 2.98. The zero-order chi connectivity index (χ0) is 14.5. The van der Waals surface area contributed by atoms with Crippen LogP contribution in [-0.2, 0) is 10.9 Å². The monoisotopic (exact) mass is 275 g/mol. The molecule has 0 spiro atoms. The van der Waals surface area contributed by atoms with Gasteiger partial charge in [-0.3, -0.25) is 0 Å². The zero-order valence-electron chi connectivity index (χ0n) is 11.2. The fourth-order valence-electron chi connectivity index (χ4n) is 1.97. The number of ether oxygens (including phenoxy) is 1. The molecule has 1 aromatic carbocycles. The van der Waals surface area contributed by atoms with Gasteiger partial charge in [0.2, 0.25) is 0 Å². The van der Waals surface area contributed by atoms with Gasteiger partial charge in [-0.25, -0.2) is 0 Å². The minimum atomic E-state index is -4.31. The summed E-state index contributed by atoms with van der Waals surface area (Å²) in [7, 11) is 0. The maximum atomic E-state index is 12.5. The Balaban J connectivity index is 2.83. The van der Waals surface area contributed by atoms with Crippen LogP contribution in [0.15, 0.2) is 24.3 Å².